The van der Waals surface area contributed by atoms with Gasteiger partial charge in [0.15, 0.2) is 4.73 Å². The summed E-state index contributed by atoms with van der Waals surface area (Å²) in [6.45, 7) is 1.13. The molecule has 10 heterocycles. The van der Waals surface area contributed by atoms with Crippen LogP contribution in [0.3, 0.4) is 0 Å². The number of ketones is 1. The Balaban J connectivity index is 0.000000133. The third-order valence-corrected chi connectivity index (χ3v) is 22.0. The zero-order chi connectivity index (χ0) is 85.6. The van der Waals surface area contributed by atoms with Gasteiger partial charge in [-0.25, -0.2) is 29.3 Å². The van der Waals surface area contributed by atoms with Crippen molar-refractivity contribution in [3.63, 3.8) is 0 Å². The number of aromatic amines is 1. The first-order valence-corrected chi connectivity index (χ1v) is 41.1. The molecule has 0 aliphatic heterocycles. The van der Waals surface area contributed by atoms with Crippen LogP contribution in [0.25, 0.3) is 160 Å². The molecule has 0 spiro atoms. The molecule has 0 saturated carbocycles. The number of nitrogens with one attached hydrogen (secondary N) is 1. The number of hydrogen-bond donors (Lipinski definition) is 3. The summed E-state index contributed by atoms with van der Waals surface area (Å²) in [7, 11) is -1.34. The molecule has 25 aromatic rings. The second-order valence-corrected chi connectivity index (χ2v) is 30.3. The number of aromatic nitrogens is 12. The number of fused-ring (bicyclic) bond motifs is 14. The van der Waals surface area contributed by atoms with Gasteiger partial charge in [0, 0.05) is 80.1 Å². The summed E-state index contributed by atoms with van der Waals surface area (Å²) in [6.07, 6.45) is 5.45. The largest absolute Gasteiger partial charge is 1.00 e. The summed E-state index contributed by atoms with van der Waals surface area (Å²) in [5.74, 6) is 1.68. The maximum atomic E-state index is 12.3. The molecule has 611 valence electrons. The molecule has 3 N–H and O–H groups in total. The molecule has 26 heteroatoms. The molecule has 126 heavy (non-hydrogen) atoms. The SMILES string of the molecule is Brc1ccccc1-n1cnc2ccccc21.Brc1nc2cccc3c4ccccc4n1c23.Fc1ccccc1Br.O=CO[O-].OB(O)c1ccccc1.[2H]CC(C)=O.[Cs+].[Cs+].[H-].[Ir].[c-]1ccccc1-c1nc2cccc3c4ccccc4n1c23.c1ccc(-c2nc3cccc4c5ccccc5n2c34)cc1.c1ccc2[nH]cnc2c1.c1ccc2c(c1)c1cccc3ncn2c31. The molecule has 10 aromatic heterocycles. The molecule has 0 bridgehead atoms. The van der Waals surface area contributed by atoms with Crippen LogP contribution in [0.2, 0.25) is 0 Å². The molecule has 0 amide bonds. The Hall–Kier alpha value is -9.67. The van der Waals surface area contributed by atoms with Crippen LogP contribution in [-0.4, -0.2) is 86.5 Å². The predicted molar refractivity (Wildman–Crippen MR) is 503 cm³/mol. The van der Waals surface area contributed by atoms with Gasteiger partial charge in [0.2, 0.25) is 0 Å². The molecule has 0 aliphatic carbocycles. The van der Waals surface area contributed by atoms with Gasteiger partial charge in [-0.2, -0.15) is 0 Å². The second kappa shape index (κ2) is 44.4. The Morgan fingerprint density at radius 1 is 0.460 bits per heavy atom. The zero-order valence-corrected chi connectivity index (χ0v) is 87.6. The minimum atomic E-state index is -1.34. The summed E-state index contributed by atoms with van der Waals surface area (Å²) < 4.78 is 32.0. The van der Waals surface area contributed by atoms with Crippen molar-refractivity contribution in [3.05, 3.63) is 396 Å². The average molecular weight is 2270 g/mol. The van der Waals surface area contributed by atoms with E-state index in [4.69, 9.17) is 31.4 Å². The van der Waals surface area contributed by atoms with Crippen LogP contribution in [0.1, 0.15) is 16.6 Å². The molecule has 0 atom stereocenters. The molecule has 0 unspecified atom stereocenters. The Kier molecular flexibility index (Phi) is 32.6. The van der Waals surface area contributed by atoms with E-state index >= 15 is 0 Å². The number of carbonyl (C=O) groups excluding carboxylic acids is 2. The fourth-order valence-corrected chi connectivity index (χ4v) is 16.3. The van der Waals surface area contributed by atoms with Gasteiger partial charge in [0.1, 0.15) is 30.1 Å². The van der Waals surface area contributed by atoms with Crippen molar-refractivity contribution in [2.75, 3.05) is 0 Å². The molecular weight excluding hydrogens is 2190 g/mol. The molecule has 0 fully saturated rings. The monoisotopic (exact) mass is 2260 g/mol. The Morgan fingerprint density at radius 3 is 1.40 bits per heavy atom. The number of imidazole rings is 6. The molecule has 25 rings (SSSR count). The molecule has 1 radical (unpaired) electrons. The van der Waals surface area contributed by atoms with Gasteiger partial charge < -0.3 is 35.8 Å². The van der Waals surface area contributed by atoms with Crippen LogP contribution >= 0.6 is 47.8 Å². The Morgan fingerprint density at radius 2 is 0.881 bits per heavy atom. The maximum Gasteiger partial charge on any atom is 1.00 e. The predicted octanol–water partition coefficient (Wildman–Crippen LogP) is 16.7. The van der Waals surface area contributed by atoms with Crippen LogP contribution < -0.4 is 149 Å². The number of hydrogen-bond acceptors (Lipinski definition) is 12. The summed E-state index contributed by atoms with van der Waals surface area (Å²) >= 11 is 10.1. The summed E-state index contributed by atoms with van der Waals surface area (Å²) in [6, 6.07) is 120. The minimum Gasteiger partial charge on any atom is -1.00 e. The fraction of sp³-hybridized carbons (Fsp3) is 0.0200. The van der Waals surface area contributed by atoms with Gasteiger partial charge >= 0.3 is 145 Å². The van der Waals surface area contributed by atoms with E-state index in [1.54, 1.807) is 48.8 Å². The van der Waals surface area contributed by atoms with E-state index in [9.17, 15) is 9.18 Å². The van der Waals surface area contributed by atoms with E-state index < -0.39 is 7.12 Å². The molecule has 15 aromatic carbocycles. The number of para-hydroxylation sites is 13. The van der Waals surface area contributed by atoms with E-state index in [1.165, 1.54) is 100 Å². The van der Waals surface area contributed by atoms with Crippen molar-refractivity contribution in [2.24, 2.45) is 0 Å². The van der Waals surface area contributed by atoms with Crippen molar-refractivity contribution in [1.29, 1.82) is 0 Å². The Labute approximate surface area is 881 Å². The van der Waals surface area contributed by atoms with Crippen LogP contribution in [0.5, 0.6) is 0 Å². The first-order valence-electron chi connectivity index (χ1n) is 39.5. The number of nitrogens with zero attached hydrogens (tertiary/aromatic N) is 11. The Bertz CT molecular complexity index is 7650. The number of benzene rings is 15. The maximum absolute atomic E-state index is 12.3. The standard InChI is InChI=1S/C19H12N2.C19H11N2.C13H7BrN2.C13H9BrN2.C13H8N2.C7H6N2.C6H7BO2.C6H4BrF.C3H6O.CH2O3.2Cs.Ir.H/c2*1-2-7-13(8-3-1)19-20-16-11-6-10-15-14-9-4-5-12-17(14)21(19)18(15)16;14-13-15-10-6-3-5-9-8-4-1-2-7-11(8)16(13)12(9)10;14-10-5-1-3-7-12(10)16-9-15-11-6-2-4-8-13(11)16;1-2-7-12-9(4-1)10-5-3-6-11-13(10)15(12)8-14-11;1-2-4-7-6(3-1)8-5-9-7;8-7(9)6-4-2-1-3-5-6;7-5-3-1-2-4-6(5)8;1-3(2)4;2-1-4-3;;;;/h1-12H;1-7,9-12H;1-7H;1-9H;1-8H;1-5H,(H,8,9);1-5,8-9H;1-4H;1-2H3;1,3H;;;;/q;-1;;;;;;;;;2*+1;;-1/p-1/i;;;;;;;;1D;;;;;. The van der Waals surface area contributed by atoms with Crippen molar-refractivity contribution in [3.8, 4) is 28.5 Å². The van der Waals surface area contributed by atoms with Crippen LogP contribution in [0.4, 0.5) is 4.39 Å². The number of rotatable bonds is 5. The molecular formula is C100H72BBr3Cs2FIrN12O6-. The van der Waals surface area contributed by atoms with Crippen molar-refractivity contribution in [2.45, 2.75) is 13.8 Å². The van der Waals surface area contributed by atoms with Crippen LogP contribution in [0, 0.1) is 11.9 Å². The number of H-pyrrole nitrogens is 1. The van der Waals surface area contributed by atoms with Gasteiger partial charge in [0.25, 0.3) is 6.47 Å². The molecule has 0 saturated heterocycles. The van der Waals surface area contributed by atoms with Gasteiger partial charge in [-0.15, -0.1) is 35.9 Å². The van der Waals surface area contributed by atoms with E-state index in [2.05, 4.69) is 312 Å². The number of Topliss-reactive ketones (excluding diaryl/α,β-unsaturated/α-hetero) is 1. The van der Waals surface area contributed by atoms with Gasteiger partial charge in [-0.05, 0) is 164 Å². The fourth-order valence-electron chi connectivity index (χ4n) is 15.0. The number of carbonyl (C=O) groups is 2. The van der Waals surface area contributed by atoms with E-state index in [0.29, 0.717) is 9.94 Å². The minimum absolute atomic E-state index is 0. The van der Waals surface area contributed by atoms with Gasteiger partial charge in [-0.3, -0.25) is 27.5 Å². The van der Waals surface area contributed by atoms with E-state index in [0.717, 1.165) is 81.8 Å². The second-order valence-electron chi connectivity index (χ2n) is 27.8. The first-order chi connectivity index (χ1) is 60.8. The zero-order valence-electron chi connectivity index (χ0n) is 69.9. The third kappa shape index (κ3) is 20.5. The topological polar surface area (TPSA) is 223 Å². The normalized spacial score (nSPS) is 10.7. The van der Waals surface area contributed by atoms with Crippen LogP contribution in [-0.2, 0) is 34.6 Å². The number of halogens is 4. The van der Waals surface area contributed by atoms with Crippen molar-refractivity contribution < 1.29 is 195 Å². The third-order valence-electron chi connectivity index (χ3n) is 20.2. The van der Waals surface area contributed by atoms with Crippen molar-refractivity contribution in [1.82, 2.24) is 57.1 Å². The summed E-state index contributed by atoms with van der Waals surface area (Å²) in [5.41, 5.74) is 22.0. The van der Waals surface area contributed by atoms with Gasteiger partial charge in [-0.1, -0.05) is 231 Å². The molecule has 18 nitrogen and oxygen atoms in total. The summed E-state index contributed by atoms with van der Waals surface area (Å²) in [5, 5.41) is 35.8. The molecule has 0 aliphatic rings. The van der Waals surface area contributed by atoms with Crippen LogP contribution in [0.15, 0.2) is 385 Å². The van der Waals surface area contributed by atoms with E-state index in [1.807, 2.05) is 110 Å². The average Bonchev–Trinajstić information content (AvgIpc) is 1.56. The summed E-state index contributed by atoms with van der Waals surface area (Å²) in [4.78, 5) is 50.9. The first kappa shape index (κ1) is 92.5. The quantitative estimate of drug-likeness (QED) is 0.0481. The smallest absolute Gasteiger partial charge is 1.00 e. The van der Waals surface area contributed by atoms with E-state index in [-0.39, 0.29) is 184 Å². The van der Waals surface area contributed by atoms with Gasteiger partial charge in [0.05, 0.1) is 105 Å². The van der Waals surface area contributed by atoms with Crippen molar-refractivity contribution >= 4 is 204 Å².